The van der Waals surface area contributed by atoms with E-state index in [1.807, 2.05) is 0 Å². The molecule has 0 N–H and O–H groups in total. The number of rotatable bonds is 3. The molecule has 0 aromatic carbocycles. The van der Waals surface area contributed by atoms with Crippen LogP contribution in [0.15, 0.2) is 0 Å². The van der Waals surface area contributed by atoms with Gasteiger partial charge in [0.25, 0.3) is 0 Å². The molecule has 0 bridgehead atoms. The zero-order valence-electron chi connectivity index (χ0n) is 7.06. The summed E-state index contributed by atoms with van der Waals surface area (Å²) in [6, 6.07) is 0. The second-order valence-corrected chi connectivity index (χ2v) is 3.25. The number of aldehydes is 1. The van der Waals surface area contributed by atoms with Gasteiger partial charge in [0.1, 0.15) is 5.60 Å². The average Bonchev–Trinajstić information content (AvgIpc) is 2.49. The van der Waals surface area contributed by atoms with Crippen LogP contribution in [0, 0.1) is 0 Å². The zero-order valence-corrected chi connectivity index (χ0v) is 7.06. The summed E-state index contributed by atoms with van der Waals surface area (Å²) in [5.41, 5.74) is -1.16. The van der Waals surface area contributed by atoms with E-state index in [9.17, 15) is 18.0 Å². The summed E-state index contributed by atoms with van der Waals surface area (Å²) < 4.78 is 40.5. The molecule has 1 unspecified atom stereocenters. The van der Waals surface area contributed by atoms with Crippen molar-refractivity contribution < 1.29 is 22.7 Å². The lowest BCUT2D eigenvalue weighted by atomic mass is 9.96. The largest absolute Gasteiger partial charge is 0.389 e. The van der Waals surface area contributed by atoms with Crippen molar-refractivity contribution in [1.29, 1.82) is 0 Å². The second kappa shape index (κ2) is 3.65. The molecule has 5 heteroatoms. The minimum absolute atomic E-state index is 0.250. The Morgan fingerprint density at radius 2 is 2.15 bits per heavy atom. The van der Waals surface area contributed by atoms with Crippen molar-refractivity contribution >= 4 is 6.29 Å². The van der Waals surface area contributed by atoms with Crippen molar-refractivity contribution in [2.45, 2.75) is 37.5 Å². The Hall–Kier alpha value is -0.580. The maximum absolute atomic E-state index is 11.8. The molecule has 1 heterocycles. The molecule has 0 radical (unpaired) electrons. The third-order valence-corrected chi connectivity index (χ3v) is 2.18. The summed E-state index contributed by atoms with van der Waals surface area (Å²) in [7, 11) is 0. The molecule has 0 aromatic heterocycles. The zero-order chi connectivity index (χ0) is 9.95. The molecule has 1 fully saturated rings. The smallest absolute Gasteiger partial charge is 0.368 e. The first-order valence-corrected chi connectivity index (χ1v) is 4.14. The summed E-state index contributed by atoms with van der Waals surface area (Å²) in [5.74, 6) is 0. The van der Waals surface area contributed by atoms with Crippen LogP contribution in [0.1, 0.15) is 25.7 Å². The fraction of sp³-hybridized carbons (Fsp3) is 0.875. The minimum atomic E-state index is -4.21. The van der Waals surface area contributed by atoms with Crippen molar-refractivity contribution in [3.63, 3.8) is 0 Å². The number of hydrogen-bond donors (Lipinski definition) is 0. The highest BCUT2D eigenvalue weighted by Crippen LogP contribution is 2.32. The van der Waals surface area contributed by atoms with E-state index in [4.69, 9.17) is 4.74 Å². The molecule has 0 aliphatic carbocycles. The highest BCUT2D eigenvalue weighted by Gasteiger charge is 2.39. The Balaban J connectivity index is 2.45. The molecule has 1 atom stereocenters. The molecule has 2 nitrogen and oxygen atoms in total. The van der Waals surface area contributed by atoms with Gasteiger partial charge < -0.3 is 9.53 Å². The van der Waals surface area contributed by atoms with Gasteiger partial charge in [0, 0.05) is 13.0 Å². The van der Waals surface area contributed by atoms with Gasteiger partial charge in [-0.25, -0.2) is 0 Å². The number of carbonyl (C=O) groups is 1. The molecule has 0 spiro atoms. The van der Waals surface area contributed by atoms with E-state index in [1.165, 1.54) is 0 Å². The number of halogens is 3. The van der Waals surface area contributed by atoms with Crippen LogP contribution in [0.4, 0.5) is 13.2 Å². The molecular weight excluding hydrogens is 185 g/mol. The van der Waals surface area contributed by atoms with Gasteiger partial charge in [-0.05, 0) is 19.3 Å². The van der Waals surface area contributed by atoms with Crippen LogP contribution in [0.2, 0.25) is 0 Å². The molecule has 76 valence electrons. The highest BCUT2D eigenvalue weighted by atomic mass is 19.4. The summed E-state index contributed by atoms with van der Waals surface area (Å²) >= 11 is 0. The maximum Gasteiger partial charge on any atom is 0.389 e. The van der Waals surface area contributed by atoms with Crippen LogP contribution >= 0.6 is 0 Å². The van der Waals surface area contributed by atoms with Gasteiger partial charge in [-0.1, -0.05) is 0 Å². The summed E-state index contributed by atoms with van der Waals surface area (Å²) in [5, 5.41) is 0. The number of carbonyl (C=O) groups excluding carboxylic acids is 1. The molecule has 1 saturated heterocycles. The van der Waals surface area contributed by atoms with Crippen molar-refractivity contribution in [3.05, 3.63) is 0 Å². The monoisotopic (exact) mass is 196 g/mol. The lowest BCUT2D eigenvalue weighted by Crippen LogP contribution is -2.31. The fourth-order valence-corrected chi connectivity index (χ4v) is 1.42. The highest BCUT2D eigenvalue weighted by molar-refractivity contribution is 5.62. The molecule has 0 amide bonds. The summed E-state index contributed by atoms with van der Waals surface area (Å²) in [4.78, 5) is 10.6. The number of alkyl halides is 3. The van der Waals surface area contributed by atoms with Crippen LogP contribution in [0.25, 0.3) is 0 Å². The third-order valence-electron chi connectivity index (χ3n) is 2.18. The van der Waals surface area contributed by atoms with Gasteiger partial charge in [-0.2, -0.15) is 13.2 Å². The van der Waals surface area contributed by atoms with Gasteiger partial charge in [0.15, 0.2) is 6.29 Å². The van der Waals surface area contributed by atoms with Crippen LogP contribution in [0.5, 0.6) is 0 Å². The molecule has 0 saturated carbocycles. The van der Waals surface area contributed by atoms with E-state index in [0.29, 0.717) is 25.7 Å². The van der Waals surface area contributed by atoms with Gasteiger partial charge in [-0.3, -0.25) is 0 Å². The van der Waals surface area contributed by atoms with E-state index in [1.54, 1.807) is 0 Å². The molecule has 1 aliphatic heterocycles. The Morgan fingerprint density at radius 3 is 2.54 bits per heavy atom. The SMILES string of the molecule is O=CC1(CCC(F)(F)F)CCCO1. The van der Waals surface area contributed by atoms with E-state index in [2.05, 4.69) is 0 Å². The van der Waals surface area contributed by atoms with Crippen molar-refractivity contribution in [2.75, 3.05) is 6.61 Å². The van der Waals surface area contributed by atoms with Gasteiger partial charge >= 0.3 is 6.18 Å². The molecule has 13 heavy (non-hydrogen) atoms. The van der Waals surface area contributed by atoms with E-state index < -0.39 is 18.2 Å². The van der Waals surface area contributed by atoms with Crippen LogP contribution in [-0.2, 0) is 9.53 Å². The first kappa shape index (κ1) is 10.5. The van der Waals surface area contributed by atoms with E-state index in [0.717, 1.165) is 0 Å². The van der Waals surface area contributed by atoms with Crippen LogP contribution in [-0.4, -0.2) is 24.7 Å². The lowest BCUT2D eigenvalue weighted by molar-refractivity contribution is -0.151. The Labute approximate surface area is 74.1 Å². The molecule has 0 aromatic rings. The molecule has 1 aliphatic rings. The standard InChI is InChI=1S/C8H11F3O2/c9-8(10,11)4-3-7(6-12)2-1-5-13-7/h6H,1-5H2. The van der Waals surface area contributed by atoms with Gasteiger partial charge in [0.2, 0.25) is 0 Å². The molecule has 1 rings (SSSR count). The normalized spacial score (nSPS) is 29.2. The third kappa shape index (κ3) is 2.99. The van der Waals surface area contributed by atoms with Crippen molar-refractivity contribution in [1.82, 2.24) is 0 Å². The predicted molar refractivity (Wildman–Crippen MR) is 39.3 cm³/mol. The first-order chi connectivity index (χ1) is 5.97. The van der Waals surface area contributed by atoms with Gasteiger partial charge in [-0.15, -0.1) is 0 Å². The van der Waals surface area contributed by atoms with Crippen LogP contribution < -0.4 is 0 Å². The number of ether oxygens (including phenoxy) is 1. The van der Waals surface area contributed by atoms with E-state index in [-0.39, 0.29) is 6.42 Å². The van der Waals surface area contributed by atoms with Crippen molar-refractivity contribution in [2.24, 2.45) is 0 Å². The van der Waals surface area contributed by atoms with Gasteiger partial charge in [0.05, 0.1) is 0 Å². The van der Waals surface area contributed by atoms with Crippen LogP contribution in [0.3, 0.4) is 0 Å². The maximum atomic E-state index is 11.8. The summed E-state index contributed by atoms with van der Waals surface area (Å²) in [6.45, 7) is 0.386. The second-order valence-electron chi connectivity index (χ2n) is 3.25. The lowest BCUT2D eigenvalue weighted by Gasteiger charge is -2.21. The van der Waals surface area contributed by atoms with Crippen molar-refractivity contribution in [3.8, 4) is 0 Å². The average molecular weight is 196 g/mol. The number of hydrogen-bond acceptors (Lipinski definition) is 2. The fourth-order valence-electron chi connectivity index (χ4n) is 1.42. The van der Waals surface area contributed by atoms with E-state index >= 15 is 0 Å². The minimum Gasteiger partial charge on any atom is -0.368 e. The first-order valence-electron chi connectivity index (χ1n) is 4.14. The Bertz CT molecular complexity index is 182. The summed E-state index contributed by atoms with van der Waals surface area (Å²) in [6.07, 6.45) is -3.83. The Kier molecular flexibility index (Phi) is 2.95. The topological polar surface area (TPSA) is 26.3 Å². The molecular formula is C8H11F3O2. The Morgan fingerprint density at radius 1 is 1.46 bits per heavy atom. The quantitative estimate of drug-likeness (QED) is 0.646. The predicted octanol–water partition coefficient (Wildman–Crippen LogP) is 2.08.